The van der Waals surface area contributed by atoms with Gasteiger partial charge in [-0.3, -0.25) is 0 Å². The highest BCUT2D eigenvalue weighted by molar-refractivity contribution is 9.11. The zero-order valence-electron chi connectivity index (χ0n) is 11.2. The topological polar surface area (TPSA) is 12.0 Å². The Hall–Kier alpha value is 0.140. The SMILES string of the molecule is Cc1sc(Br)cc1CCCCCNCC(C)C. The number of unbranched alkanes of at least 4 members (excludes halogenated alkanes) is 2. The molecule has 0 saturated heterocycles. The molecule has 0 spiro atoms. The molecule has 98 valence electrons. The summed E-state index contributed by atoms with van der Waals surface area (Å²) in [4.78, 5) is 1.47. The summed E-state index contributed by atoms with van der Waals surface area (Å²) in [6.45, 7) is 9.05. The summed E-state index contributed by atoms with van der Waals surface area (Å²) in [6.07, 6.45) is 5.18. The highest BCUT2D eigenvalue weighted by Crippen LogP contribution is 2.27. The molecule has 1 aromatic heterocycles. The summed E-state index contributed by atoms with van der Waals surface area (Å²) in [7, 11) is 0. The van der Waals surface area contributed by atoms with Gasteiger partial charge in [0.25, 0.3) is 0 Å². The molecule has 1 aromatic rings. The van der Waals surface area contributed by atoms with Crippen LogP contribution in [0.5, 0.6) is 0 Å². The van der Waals surface area contributed by atoms with Gasteiger partial charge in [-0.2, -0.15) is 0 Å². The first kappa shape index (κ1) is 15.2. The Morgan fingerprint density at radius 1 is 1.29 bits per heavy atom. The summed E-state index contributed by atoms with van der Waals surface area (Å²) >= 11 is 5.40. The second-order valence-corrected chi connectivity index (χ2v) is 7.68. The van der Waals surface area contributed by atoms with Crippen molar-refractivity contribution in [2.24, 2.45) is 5.92 Å². The highest BCUT2D eigenvalue weighted by Gasteiger charge is 2.03. The van der Waals surface area contributed by atoms with Gasteiger partial charge in [-0.25, -0.2) is 0 Å². The van der Waals surface area contributed by atoms with Crippen molar-refractivity contribution in [2.75, 3.05) is 13.1 Å². The predicted octanol–water partition coefficient (Wildman–Crippen LogP) is 4.78. The molecule has 0 unspecified atom stereocenters. The Bertz CT molecular complexity index is 320. The molecule has 3 heteroatoms. The van der Waals surface area contributed by atoms with Gasteiger partial charge in [-0.1, -0.05) is 20.3 Å². The maximum absolute atomic E-state index is 3.55. The predicted molar refractivity (Wildman–Crippen MR) is 82.0 cm³/mol. The molecular formula is C14H24BrNS. The molecule has 0 bridgehead atoms. The van der Waals surface area contributed by atoms with Gasteiger partial charge in [0.2, 0.25) is 0 Å². The molecule has 0 aromatic carbocycles. The zero-order chi connectivity index (χ0) is 12.7. The number of rotatable bonds is 8. The number of aryl methyl sites for hydroxylation is 2. The van der Waals surface area contributed by atoms with Gasteiger partial charge >= 0.3 is 0 Å². The van der Waals surface area contributed by atoms with Gasteiger partial charge in [0.1, 0.15) is 0 Å². The maximum atomic E-state index is 3.55. The number of hydrogen-bond donors (Lipinski definition) is 1. The number of thiophene rings is 1. The summed E-state index contributed by atoms with van der Waals surface area (Å²) in [5, 5.41) is 3.49. The Morgan fingerprint density at radius 3 is 2.65 bits per heavy atom. The summed E-state index contributed by atoms with van der Waals surface area (Å²) in [5.74, 6) is 0.765. The van der Waals surface area contributed by atoms with Crippen LogP contribution in [0, 0.1) is 12.8 Å². The van der Waals surface area contributed by atoms with Crippen molar-refractivity contribution in [3.63, 3.8) is 0 Å². The van der Waals surface area contributed by atoms with E-state index in [1.165, 1.54) is 46.5 Å². The molecular weight excluding hydrogens is 294 g/mol. The Labute approximate surface area is 118 Å². The van der Waals surface area contributed by atoms with E-state index in [-0.39, 0.29) is 0 Å². The minimum Gasteiger partial charge on any atom is -0.316 e. The summed E-state index contributed by atoms with van der Waals surface area (Å²) < 4.78 is 1.27. The summed E-state index contributed by atoms with van der Waals surface area (Å²) in [5.41, 5.74) is 1.53. The average Bonchev–Trinajstić information content (AvgIpc) is 2.55. The van der Waals surface area contributed by atoms with Crippen LogP contribution in [0.15, 0.2) is 9.85 Å². The third kappa shape index (κ3) is 6.58. The molecule has 0 fully saturated rings. The lowest BCUT2D eigenvalue weighted by molar-refractivity contribution is 0.530. The van der Waals surface area contributed by atoms with E-state index in [2.05, 4.69) is 48.1 Å². The minimum absolute atomic E-state index is 0.765. The molecule has 0 amide bonds. The van der Waals surface area contributed by atoms with Gasteiger partial charge in [0, 0.05) is 4.88 Å². The van der Waals surface area contributed by atoms with Gasteiger partial charge in [0.05, 0.1) is 3.79 Å². The van der Waals surface area contributed by atoms with Crippen molar-refractivity contribution in [1.82, 2.24) is 5.32 Å². The molecule has 1 N–H and O–H groups in total. The molecule has 0 radical (unpaired) electrons. The smallest absolute Gasteiger partial charge is 0.0704 e. The fourth-order valence-corrected chi connectivity index (χ4v) is 3.65. The lowest BCUT2D eigenvalue weighted by Gasteiger charge is -2.06. The minimum atomic E-state index is 0.765. The van der Waals surface area contributed by atoms with Crippen molar-refractivity contribution in [3.8, 4) is 0 Å². The van der Waals surface area contributed by atoms with Crippen LogP contribution >= 0.6 is 27.3 Å². The van der Waals surface area contributed by atoms with Gasteiger partial charge < -0.3 is 5.32 Å². The van der Waals surface area contributed by atoms with Crippen molar-refractivity contribution >= 4 is 27.3 Å². The van der Waals surface area contributed by atoms with Gasteiger partial charge in [-0.15, -0.1) is 11.3 Å². The van der Waals surface area contributed by atoms with E-state index in [9.17, 15) is 0 Å². The third-order valence-electron chi connectivity index (χ3n) is 2.84. The Balaban J connectivity index is 2.03. The zero-order valence-corrected chi connectivity index (χ0v) is 13.6. The Morgan fingerprint density at radius 2 is 2.06 bits per heavy atom. The standard InChI is InChI=1S/C14H24BrNS/c1-11(2)10-16-8-6-4-5-7-13-9-14(15)17-12(13)3/h9,11,16H,4-8,10H2,1-3H3. The third-order valence-corrected chi connectivity index (χ3v) is 4.44. The van der Waals surface area contributed by atoms with E-state index in [1.807, 2.05) is 11.3 Å². The van der Waals surface area contributed by atoms with Crippen LogP contribution in [0.25, 0.3) is 0 Å². The monoisotopic (exact) mass is 317 g/mol. The fraction of sp³-hybridized carbons (Fsp3) is 0.714. The van der Waals surface area contributed by atoms with E-state index in [0.717, 1.165) is 12.5 Å². The second kappa shape index (κ2) is 8.28. The van der Waals surface area contributed by atoms with Crippen molar-refractivity contribution in [3.05, 3.63) is 20.3 Å². The van der Waals surface area contributed by atoms with Crippen LogP contribution in [-0.2, 0) is 6.42 Å². The fourth-order valence-electron chi connectivity index (χ4n) is 1.86. The normalized spacial score (nSPS) is 11.4. The summed E-state index contributed by atoms with van der Waals surface area (Å²) in [6, 6.07) is 2.27. The lowest BCUT2D eigenvalue weighted by Crippen LogP contribution is -2.20. The Kier molecular flexibility index (Phi) is 7.40. The van der Waals surface area contributed by atoms with E-state index in [0.29, 0.717) is 0 Å². The van der Waals surface area contributed by atoms with Gasteiger partial charge in [0.15, 0.2) is 0 Å². The molecule has 1 heterocycles. The molecule has 1 nitrogen and oxygen atoms in total. The van der Waals surface area contributed by atoms with Crippen LogP contribution in [0.1, 0.15) is 43.6 Å². The number of halogens is 1. The average molecular weight is 318 g/mol. The van der Waals surface area contributed by atoms with Crippen LogP contribution in [-0.4, -0.2) is 13.1 Å². The molecule has 1 rings (SSSR count). The molecule has 0 aliphatic carbocycles. The number of nitrogens with one attached hydrogen (secondary N) is 1. The van der Waals surface area contributed by atoms with E-state index < -0.39 is 0 Å². The quantitative estimate of drug-likeness (QED) is 0.680. The lowest BCUT2D eigenvalue weighted by atomic mass is 10.1. The largest absolute Gasteiger partial charge is 0.316 e. The van der Waals surface area contributed by atoms with E-state index in [4.69, 9.17) is 0 Å². The first-order valence-corrected chi connectivity index (χ1v) is 8.16. The maximum Gasteiger partial charge on any atom is 0.0704 e. The van der Waals surface area contributed by atoms with Gasteiger partial charge in [-0.05, 0) is 72.8 Å². The van der Waals surface area contributed by atoms with Crippen molar-refractivity contribution < 1.29 is 0 Å². The molecule has 0 aliphatic rings. The molecule has 0 atom stereocenters. The van der Waals surface area contributed by atoms with Crippen molar-refractivity contribution in [1.29, 1.82) is 0 Å². The number of hydrogen-bond acceptors (Lipinski definition) is 2. The highest BCUT2D eigenvalue weighted by atomic mass is 79.9. The van der Waals surface area contributed by atoms with E-state index in [1.54, 1.807) is 0 Å². The van der Waals surface area contributed by atoms with E-state index >= 15 is 0 Å². The molecule has 0 saturated carbocycles. The molecule has 0 aliphatic heterocycles. The van der Waals surface area contributed by atoms with Crippen LogP contribution in [0.2, 0.25) is 0 Å². The van der Waals surface area contributed by atoms with Crippen molar-refractivity contribution in [2.45, 2.75) is 46.5 Å². The van der Waals surface area contributed by atoms with Crippen LogP contribution in [0.4, 0.5) is 0 Å². The molecule has 17 heavy (non-hydrogen) atoms. The van der Waals surface area contributed by atoms with Crippen LogP contribution in [0.3, 0.4) is 0 Å². The first-order chi connectivity index (χ1) is 8.09. The second-order valence-electron chi connectivity index (χ2n) is 5.04. The van der Waals surface area contributed by atoms with Crippen LogP contribution < -0.4 is 5.32 Å². The first-order valence-electron chi connectivity index (χ1n) is 6.55.